The molecule has 6 heteroatoms. The van der Waals surface area contributed by atoms with Crippen LogP contribution in [0.3, 0.4) is 0 Å². The van der Waals surface area contributed by atoms with Crippen molar-refractivity contribution in [3.05, 3.63) is 15.7 Å². The van der Waals surface area contributed by atoms with Gasteiger partial charge in [0.2, 0.25) is 0 Å². The number of benzene rings is 1. The van der Waals surface area contributed by atoms with Gasteiger partial charge in [0, 0.05) is 12.6 Å². The van der Waals surface area contributed by atoms with Crippen LogP contribution in [0.25, 0.3) is 0 Å². The van der Waals surface area contributed by atoms with Crippen molar-refractivity contribution in [3.8, 4) is 11.5 Å². The highest BCUT2D eigenvalue weighted by Gasteiger charge is 2.09. The number of ether oxygens (including phenoxy) is 1. The zero-order chi connectivity index (χ0) is 15.7. The molecule has 0 aliphatic rings. The van der Waals surface area contributed by atoms with Crippen LogP contribution in [0.1, 0.15) is 39.0 Å². The SMILES string of the molecule is CCCCCCCNC(=S)Nc1cc(OC)c(I)cc1O. The summed E-state index contributed by atoms with van der Waals surface area (Å²) in [7, 11) is 1.60. The van der Waals surface area contributed by atoms with Crippen molar-refractivity contribution in [1.29, 1.82) is 0 Å². The largest absolute Gasteiger partial charge is 0.506 e. The smallest absolute Gasteiger partial charge is 0.170 e. The van der Waals surface area contributed by atoms with Crippen LogP contribution in [0.15, 0.2) is 12.1 Å². The summed E-state index contributed by atoms with van der Waals surface area (Å²) in [4.78, 5) is 0. The highest BCUT2D eigenvalue weighted by molar-refractivity contribution is 14.1. The molecule has 3 N–H and O–H groups in total. The molecule has 0 atom stereocenters. The van der Waals surface area contributed by atoms with E-state index in [1.807, 2.05) is 0 Å². The van der Waals surface area contributed by atoms with E-state index >= 15 is 0 Å². The number of phenolic OH excluding ortho intramolecular Hbond substituents is 1. The average Bonchev–Trinajstić information content (AvgIpc) is 2.45. The summed E-state index contributed by atoms with van der Waals surface area (Å²) in [6.45, 7) is 3.05. The molecule has 118 valence electrons. The Balaban J connectivity index is 2.41. The molecular weight excluding hydrogens is 399 g/mol. The molecule has 0 unspecified atom stereocenters. The standard InChI is InChI=1S/C15H23IN2O2S/c1-3-4-5-6-7-8-17-15(21)18-12-10-14(20-2)11(16)9-13(12)19/h9-10,19H,3-8H2,1-2H3,(H2,17,18,21). The normalized spacial score (nSPS) is 10.2. The Labute approximate surface area is 145 Å². The van der Waals surface area contributed by atoms with Crippen LogP contribution in [0, 0.1) is 3.57 Å². The van der Waals surface area contributed by atoms with Crippen LogP contribution in [0.2, 0.25) is 0 Å². The van der Waals surface area contributed by atoms with E-state index in [1.54, 1.807) is 19.2 Å². The molecule has 0 aromatic heterocycles. The highest BCUT2D eigenvalue weighted by atomic mass is 127. The number of rotatable bonds is 8. The highest BCUT2D eigenvalue weighted by Crippen LogP contribution is 2.32. The monoisotopic (exact) mass is 422 g/mol. The zero-order valence-corrected chi connectivity index (χ0v) is 15.5. The molecule has 0 saturated carbocycles. The Morgan fingerprint density at radius 2 is 2.00 bits per heavy atom. The first-order valence-electron chi connectivity index (χ1n) is 7.19. The van der Waals surface area contributed by atoms with E-state index in [4.69, 9.17) is 17.0 Å². The molecule has 1 aromatic carbocycles. The van der Waals surface area contributed by atoms with Gasteiger partial charge in [0.05, 0.1) is 16.4 Å². The number of nitrogens with one attached hydrogen (secondary N) is 2. The maximum absolute atomic E-state index is 9.92. The van der Waals surface area contributed by atoms with E-state index in [0.29, 0.717) is 16.5 Å². The van der Waals surface area contributed by atoms with Gasteiger partial charge in [0.25, 0.3) is 0 Å². The number of unbranched alkanes of at least 4 members (excludes halogenated alkanes) is 4. The zero-order valence-electron chi connectivity index (χ0n) is 12.5. The summed E-state index contributed by atoms with van der Waals surface area (Å²) >= 11 is 7.35. The quantitative estimate of drug-likeness (QED) is 0.253. The van der Waals surface area contributed by atoms with Crippen molar-refractivity contribution in [2.45, 2.75) is 39.0 Å². The van der Waals surface area contributed by atoms with Crippen molar-refractivity contribution in [3.63, 3.8) is 0 Å². The summed E-state index contributed by atoms with van der Waals surface area (Å²) in [6, 6.07) is 3.39. The predicted molar refractivity (Wildman–Crippen MR) is 100 cm³/mol. The molecule has 0 saturated heterocycles. The molecule has 1 rings (SSSR count). The topological polar surface area (TPSA) is 53.5 Å². The molecule has 0 aliphatic heterocycles. The maximum atomic E-state index is 9.92. The second-order valence-corrected chi connectivity index (χ2v) is 6.37. The molecule has 0 spiro atoms. The maximum Gasteiger partial charge on any atom is 0.170 e. The van der Waals surface area contributed by atoms with Crippen molar-refractivity contribution in [1.82, 2.24) is 5.32 Å². The first kappa shape index (κ1) is 18.3. The Hall–Kier alpha value is -0.760. The lowest BCUT2D eigenvalue weighted by Crippen LogP contribution is -2.29. The van der Waals surface area contributed by atoms with Gasteiger partial charge in [-0.25, -0.2) is 0 Å². The van der Waals surface area contributed by atoms with Gasteiger partial charge in [-0.2, -0.15) is 0 Å². The molecule has 0 radical (unpaired) electrons. The number of halogens is 1. The number of aromatic hydroxyl groups is 1. The van der Waals surface area contributed by atoms with Gasteiger partial charge in [-0.1, -0.05) is 32.6 Å². The van der Waals surface area contributed by atoms with Crippen LogP contribution in [0.4, 0.5) is 5.69 Å². The van der Waals surface area contributed by atoms with Crippen LogP contribution in [-0.2, 0) is 0 Å². The van der Waals surface area contributed by atoms with E-state index in [9.17, 15) is 5.11 Å². The van der Waals surface area contributed by atoms with Crippen LogP contribution < -0.4 is 15.4 Å². The predicted octanol–water partition coefficient (Wildman–Crippen LogP) is 4.26. The first-order chi connectivity index (χ1) is 10.1. The van der Waals surface area contributed by atoms with Gasteiger partial charge in [-0.3, -0.25) is 0 Å². The van der Waals surface area contributed by atoms with Gasteiger partial charge in [-0.15, -0.1) is 0 Å². The fourth-order valence-electron chi connectivity index (χ4n) is 1.90. The van der Waals surface area contributed by atoms with Crippen molar-refractivity contribution >= 4 is 45.6 Å². The van der Waals surface area contributed by atoms with E-state index < -0.39 is 0 Å². The molecule has 0 amide bonds. The van der Waals surface area contributed by atoms with Gasteiger partial charge >= 0.3 is 0 Å². The molecule has 21 heavy (non-hydrogen) atoms. The molecule has 1 aromatic rings. The van der Waals surface area contributed by atoms with Crippen LogP contribution in [-0.4, -0.2) is 23.9 Å². The lowest BCUT2D eigenvalue weighted by Gasteiger charge is -2.13. The van der Waals surface area contributed by atoms with E-state index in [0.717, 1.165) is 16.5 Å². The van der Waals surface area contributed by atoms with Crippen LogP contribution in [0.5, 0.6) is 11.5 Å². The summed E-state index contributed by atoms with van der Waals surface area (Å²) in [5, 5.41) is 16.6. The molecule has 4 nitrogen and oxygen atoms in total. The molecule has 0 bridgehead atoms. The van der Waals surface area contributed by atoms with E-state index in [-0.39, 0.29) is 5.75 Å². The molecule has 0 fully saturated rings. The number of anilines is 1. The Morgan fingerprint density at radius 1 is 1.29 bits per heavy atom. The van der Waals surface area contributed by atoms with E-state index in [1.165, 1.54) is 25.7 Å². The fraction of sp³-hybridized carbons (Fsp3) is 0.533. The second-order valence-electron chi connectivity index (χ2n) is 4.80. The Bertz CT molecular complexity index is 469. The minimum atomic E-state index is 0.160. The molecule has 0 aliphatic carbocycles. The third-order valence-corrected chi connectivity index (χ3v) is 4.17. The summed E-state index contributed by atoms with van der Waals surface area (Å²) in [6.07, 6.45) is 6.13. The number of hydrogen-bond donors (Lipinski definition) is 3. The van der Waals surface area contributed by atoms with Gasteiger partial charge < -0.3 is 20.5 Å². The Morgan fingerprint density at radius 3 is 2.67 bits per heavy atom. The lowest BCUT2D eigenvalue weighted by atomic mass is 10.1. The van der Waals surface area contributed by atoms with Crippen molar-refractivity contribution in [2.24, 2.45) is 0 Å². The number of hydrogen-bond acceptors (Lipinski definition) is 3. The fourth-order valence-corrected chi connectivity index (χ4v) is 2.78. The summed E-state index contributed by atoms with van der Waals surface area (Å²) in [5.41, 5.74) is 0.552. The molecule has 0 heterocycles. The van der Waals surface area contributed by atoms with Crippen molar-refractivity contribution in [2.75, 3.05) is 19.0 Å². The average molecular weight is 422 g/mol. The van der Waals surface area contributed by atoms with Crippen LogP contribution >= 0.6 is 34.8 Å². The number of thiocarbonyl (C=S) groups is 1. The van der Waals surface area contributed by atoms with E-state index in [2.05, 4.69) is 40.1 Å². The number of methoxy groups -OCH3 is 1. The Kier molecular flexibility index (Phi) is 8.75. The minimum Gasteiger partial charge on any atom is -0.506 e. The second kappa shape index (κ2) is 10.0. The van der Waals surface area contributed by atoms with Gasteiger partial charge in [0.1, 0.15) is 11.5 Å². The summed E-state index contributed by atoms with van der Waals surface area (Å²) < 4.78 is 6.09. The third kappa shape index (κ3) is 6.69. The minimum absolute atomic E-state index is 0.160. The lowest BCUT2D eigenvalue weighted by molar-refractivity contribution is 0.409. The first-order valence-corrected chi connectivity index (χ1v) is 8.68. The van der Waals surface area contributed by atoms with Gasteiger partial charge in [0.15, 0.2) is 5.11 Å². The third-order valence-electron chi connectivity index (χ3n) is 3.08. The molecular formula is C15H23IN2O2S. The summed E-state index contributed by atoms with van der Waals surface area (Å²) in [5.74, 6) is 0.866. The number of phenols is 1. The van der Waals surface area contributed by atoms with Gasteiger partial charge in [-0.05, 0) is 47.3 Å². The van der Waals surface area contributed by atoms with Crippen molar-refractivity contribution < 1.29 is 9.84 Å².